The standard InChI is InChI=1S/C15H26N4O/c1-15(2,3)19-10-9-17-13(14(19)20)18(4)12-7-5-11(16)6-8-12/h9-12H,5-8,16H2,1-4H3. The number of nitrogens with two attached hydrogens (primary N) is 1. The third kappa shape index (κ3) is 3.03. The van der Waals surface area contributed by atoms with Gasteiger partial charge in [-0.25, -0.2) is 4.98 Å². The Kier molecular flexibility index (Phi) is 4.18. The van der Waals surface area contributed by atoms with Gasteiger partial charge in [0.2, 0.25) is 0 Å². The Labute approximate surface area is 120 Å². The third-order valence-electron chi connectivity index (χ3n) is 4.17. The van der Waals surface area contributed by atoms with Gasteiger partial charge < -0.3 is 15.2 Å². The van der Waals surface area contributed by atoms with Gasteiger partial charge in [-0.3, -0.25) is 4.79 Å². The molecule has 0 radical (unpaired) electrons. The predicted octanol–water partition coefficient (Wildman–Crippen LogP) is 1.70. The highest BCUT2D eigenvalue weighted by Gasteiger charge is 2.25. The lowest BCUT2D eigenvalue weighted by Crippen LogP contribution is -2.43. The molecule has 2 rings (SSSR count). The van der Waals surface area contributed by atoms with Crippen molar-refractivity contribution >= 4 is 5.82 Å². The van der Waals surface area contributed by atoms with Gasteiger partial charge in [0.25, 0.3) is 5.56 Å². The summed E-state index contributed by atoms with van der Waals surface area (Å²) in [5.41, 5.74) is 5.70. The molecule has 0 unspecified atom stereocenters. The molecule has 1 aromatic rings. The highest BCUT2D eigenvalue weighted by molar-refractivity contribution is 5.36. The zero-order valence-corrected chi connectivity index (χ0v) is 13.0. The molecular weight excluding hydrogens is 252 g/mol. The van der Waals surface area contributed by atoms with Gasteiger partial charge in [-0.2, -0.15) is 0 Å². The van der Waals surface area contributed by atoms with Crippen LogP contribution in [0, 0.1) is 0 Å². The van der Waals surface area contributed by atoms with Crippen molar-refractivity contribution in [2.75, 3.05) is 11.9 Å². The van der Waals surface area contributed by atoms with Gasteiger partial charge in [0.15, 0.2) is 5.82 Å². The van der Waals surface area contributed by atoms with Crippen LogP contribution < -0.4 is 16.2 Å². The lowest BCUT2D eigenvalue weighted by molar-refractivity contribution is 0.371. The van der Waals surface area contributed by atoms with Crippen LogP contribution in [0.15, 0.2) is 17.2 Å². The molecule has 5 nitrogen and oxygen atoms in total. The first-order valence-electron chi connectivity index (χ1n) is 7.37. The molecule has 0 aromatic carbocycles. The molecule has 0 atom stereocenters. The van der Waals surface area contributed by atoms with E-state index in [0.717, 1.165) is 25.7 Å². The highest BCUT2D eigenvalue weighted by Crippen LogP contribution is 2.23. The van der Waals surface area contributed by atoms with Crippen LogP contribution in [-0.4, -0.2) is 28.7 Å². The normalized spacial score (nSPS) is 23.6. The molecule has 1 heterocycles. The summed E-state index contributed by atoms with van der Waals surface area (Å²) in [6.07, 6.45) is 7.58. The first-order valence-corrected chi connectivity index (χ1v) is 7.37. The van der Waals surface area contributed by atoms with E-state index in [4.69, 9.17) is 5.73 Å². The lowest BCUT2D eigenvalue weighted by atomic mass is 9.91. The molecule has 0 amide bonds. The summed E-state index contributed by atoms with van der Waals surface area (Å²) in [6.45, 7) is 6.08. The molecule has 0 bridgehead atoms. The topological polar surface area (TPSA) is 64.2 Å². The molecule has 112 valence electrons. The van der Waals surface area contributed by atoms with Crippen LogP contribution in [-0.2, 0) is 5.54 Å². The summed E-state index contributed by atoms with van der Waals surface area (Å²) < 4.78 is 1.75. The van der Waals surface area contributed by atoms with Crippen molar-refractivity contribution in [2.24, 2.45) is 5.73 Å². The van der Waals surface area contributed by atoms with E-state index in [0.29, 0.717) is 17.9 Å². The van der Waals surface area contributed by atoms with E-state index in [2.05, 4.69) is 4.98 Å². The van der Waals surface area contributed by atoms with Crippen molar-refractivity contribution in [3.63, 3.8) is 0 Å². The Hall–Kier alpha value is -1.36. The van der Waals surface area contributed by atoms with E-state index in [1.165, 1.54) is 0 Å². The third-order valence-corrected chi connectivity index (χ3v) is 4.17. The monoisotopic (exact) mass is 278 g/mol. The number of aromatic nitrogens is 2. The second-order valence-electron chi connectivity index (χ2n) is 6.78. The summed E-state index contributed by atoms with van der Waals surface area (Å²) in [5, 5.41) is 0. The Bertz CT molecular complexity index is 509. The van der Waals surface area contributed by atoms with Gasteiger partial charge in [0, 0.05) is 37.1 Å². The number of hydrogen-bond acceptors (Lipinski definition) is 4. The summed E-state index contributed by atoms with van der Waals surface area (Å²) in [5.74, 6) is 0.544. The van der Waals surface area contributed by atoms with E-state index in [1.807, 2.05) is 32.7 Å². The van der Waals surface area contributed by atoms with E-state index in [9.17, 15) is 4.79 Å². The Morgan fingerprint density at radius 1 is 1.30 bits per heavy atom. The van der Waals surface area contributed by atoms with Gasteiger partial charge in [-0.1, -0.05) is 0 Å². The second-order valence-corrected chi connectivity index (χ2v) is 6.78. The molecule has 1 saturated carbocycles. The van der Waals surface area contributed by atoms with Crippen LogP contribution in [0.2, 0.25) is 0 Å². The van der Waals surface area contributed by atoms with Crippen LogP contribution in [0.5, 0.6) is 0 Å². The maximum Gasteiger partial charge on any atom is 0.293 e. The molecule has 1 aliphatic rings. The smallest absolute Gasteiger partial charge is 0.293 e. The first kappa shape index (κ1) is 15.0. The molecule has 1 aliphatic carbocycles. The van der Waals surface area contributed by atoms with Gasteiger partial charge in [0.05, 0.1) is 0 Å². The maximum atomic E-state index is 12.6. The van der Waals surface area contributed by atoms with Gasteiger partial charge in [0.1, 0.15) is 0 Å². The quantitative estimate of drug-likeness (QED) is 0.894. The summed E-state index contributed by atoms with van der Waals surface area (Å²) >= 11 is 0. The van der Waals surface area contributed by atoms with Crippen molar-refractivity contribution in [3.05, 3.63) is 22.7 Å². The summed E-state index contributed by atoms with van der Waals surface area (Å²) in [6, 6.07) is 0.681. The molecule has 1 aromatic heterocycles. The largest absolute Gasteiger partial charge is 0.352 e. The van der Waals surface area contributed by atoms with Crippen LogP contribution in [0.1, 0.15) is 46.5 Å². The van der Waals surface area contributed by atoms with Crippen LogP contribution in [0.4, 0.5) is 5.82 Å². The number of hydrogen-bond donors (Lipinski definition) is 1. The molecule has 0 spiro atoms. The fraction of sp³-hybridized carbons (Fsp3) is 0.733. The van der Waals surface area contributed by atoms with Crippen molar-refractivity contribution in [3.8, 4) is 0 Å². The van der Waals surface area contributed by atoms with Crippen LogP contribution in [0.25, 0.3) is 0 Å². The summed E-state index contributed by atoms with van der Waals surface area (Å²) in [7, 11) is 1.97. The van der Waals surface area contributed by atoms with E-state index >= 15 is 0 Å². The minimum Gasteiger partial charge on any atom is -0.352 e. The highest BCUT2D eigenvalue weighted by atomic mass is 16.1. The Morgan fingerprint density at radius 3 is 2.45 bits per heavy atom. The van der Waals surface area contributed by atoms with E-state index < -0.39 is 0 Å². The fourth-order valence-electron chi connectivity index (χ4n) is 2.83. The molecule has 2 N–H and O–H groups in total. The van der Waals surface area contributed by atoms with Crippen LogP contribution in [0.3, 0.4) is 0 Å². The van der Waals surface area contributed by atoms with Crippen molar-refractivity contribution < 1.29 is 0 Å². The number of nitrogens with zero attached hydrogens (tertiary/aromatic N) is 3. The lowest BCUT2D eigenvalue weighted by Gasteiger charge is -2.34. The average molecular weight is 278 g/mol. The fourth-order valence-corrected chi connectivity index (χ4v) is 2.83. The molecule has 5 heteroatoms. The van der Waals surface area contributed by atoms with Crippen molar-refractivity contribution in [2.45, 2.75) is 64.1 Å². The SMILES string of the molecule is CN(c1nccn(C(C)(C)C)c1=O)C1CCC(N)CC1. The Morgan fingerprint density at radius 2 is 1.90 bits per heavy atom. The minimum atomic E-state index is -0.232. The predicted molar refractivity (Wildman–Crippen MR) is 82.1 cm³/mol. The molecule has 1 fully saturated rings. The van der Waals surface area contributed by atoms with Gasteiger partial charge >= 0.3 is 0 Å². The average Bonchev–Trinajstić information content (AvgIpc) is 2.37. The van der Waals surface area contributed by atoms with E-state index in [1.54, 1.807) is 17.0 Å². The van der Waals surface area contributed by atoms with Crippen LogP contribution >= 0.6 is 0 Å². The van der Waals surface area contributed by atoms with Crippen molar-refractivity contribution in [1.29, 1.82) is 0 Å². The number of anilines is 1. The van der Waals surface area contributed by atoms with Gasteiger partial charge in [-0.15, -0.1) is 0 Å². The second kappa shape index (κ2) is 5.56. The first-order chi connectivity index (χ1) is 9.30. The Balaban J connectivity index is 2.27. The van der Waals surface area contributed by atoms with Crippen molar-refractivity contribution in [1.82, 2.24) is 9.55 Å². The number of rotatable bonds is 2. The minimum absolute atomic E-state index is 0.0163. The van der Waals surface area contributed by atoms with Gasteiger partial charge in [-0.05, 0) is 46.5 Å². The summed E-state index contributed by atoms with van der Waals surface area (Å²) in [4.78, 5) is 18.9. The van der Waals surface area contributed by atoms with E-state index in [-0.39, 0.29) is 11.1 Å². The molecule has 0 aliphatic heterocycles. The zero-order valence-electron chi connectivity index (χ0n) is 13.0. The maximum absolute atomic E-state index is 12.6. The molecule has 0 saturated heterocycles. The molecule has 20 heavy (non-hydrogen) atoms. The molecular formula is C15H26N4O. The zero-order chi connectivity index (χ0) is 14.9.